The first-order valence-corrected chi connectivity index (χ1v) is 6.71. The van der Waals surface area contributed by atoms with Crippen LogP contribution in [0.1, 0.15) is 37.4 Å². The molecule has 0 aliphatic carbocycles. The Morgan fingerprint density at radius 2 is 1.95 bits per heavy atom. The van der Waals surface area contributed by atoms with E-state index in [1.807, 2.05) is 6.92 Å². The zero-order valence-corrected chi connectivity index (χ0v) is 13.2. The van der Waals surface area contributed by atoms with Crippen LogP contribution in [0.4, 0.5) is 0 Å². The highest BCUT2D eigenvalue weighted by molar-refractivity contribution is 5.85. The highest BCUT2D eigenvalue weighted by Crippen LogP contribution is 2.14. The lowest BCUT2D eigenvalue weighted by Gasteiger charge is -2.17. The van der Waals surface area contributed by atoms with Crippen molar-refractivity contribution in [1.82, 2.24) is 5.32 Å². The first-order chi connectivity index (χ1) is 9.10. The fraction of sp³-hybridized carbons (Fsp3) is 0.533. The van der Waals surface area contributed by atoms with Crippen LogP contribution in [0, 0.1) is 0 Å². The highest BCUT2D eigenvalue weighted by atomic mass is 35.5. The third-order valence-electron chi connectivity index (χ3n) is 3.27. The van der Waals surface area contributed by atoms with Gasteiger partial charge in [0, 0.05) is 13.7 Å². The third kappa shape index (κ3) is 5.90. The molecule has 1 amide bonds. The molecule has 4 nitrogen and oxygen atoms in total. The standard InChI is InChI=1S/C15H24N2O2.ClH/c1-4-12-5-7-13(8-6-12)11(2)17-15(18)9-14(10-16)19-3;/h5-8,11,14H,4,9-10,16H2,1-3H3,(H,17,18);1H. The van der Waals surface area contributed by atoms with Gasteiger partial charge in [-0.1, -0.05) is 31.2 Å². The van der Waals surface area contributed by atoms with E-state index in [9.17, 15) is 4.79 Å². The van der Waals surface area contributed by atoms with Crippen LogP contribution in [0.2, 0.25) is 0 Å². The molecular formula is C15H25ClN2O2. The molecule has 0 aromatic heterocycles. The van der Waals surface area contributed by atoms with Crippen LogP contribution < -0.4 is 11.1 Å². The summed E-state index contributed by atoms with van der Waals surface area (Å²) in [4.78, 5) is 11.8. The van der Waals surface area contributed by atoms with Crippen molar-refractivity contribution in [2.24, 2.45) is 5.73 Å². The van der Waals surface area contributed by atoms with Gasteiger partial charge in [0.2, 0.25) is 5.91 Å². The molecule has 0 aliphatic rings. The number of aryl methyl sites for hydroxylation is 1. The van der Waals surface area contributed by atoms with Crippen LogP contribution >= 0.6 is 12.4 Å². The number of methoxy groups -OCH3 is 1. The minimum Gasteiger partial charge on any atom is -0.380 e. The predicted octanol–water partition coefficient (Wildman–Crippen LogP) is 2.21. The monoisotopic (exact) mass is 300 g/mol. The van der Waals surface area contributed by atoms with Crippen molar-refractivity contribution < 1.29 is 9.53 Å². The van der Waals surface area contributed by atoms with E-state index in [0.29, 0.717) is 13.0 Å². The van der Waals surface area contributed by atoms with Crippen LogP contribution in [0.25, 0.3) is 0 Å². The largest absolute Gasteiger partial charge is 0.380 e. The van der Waals surface area contributed by atoms with Gasteiger partial charge >= 0.3 is 0 Å². The number of hydrogen-bond donors (Lipinski definition) is 2. The first-order valence-electron chi connectivity index (χ1n) is 6.71. The van der Waals surface area contributed by atoms with Crippen molar-refractivity contribution >= 4 is 18.3 Å². The lowest BCUT2D eigenvalue weighted by atomic mass is 10.0. The molecule has 3 N–H and O–H groups in total. The maximum atomic E-state index is 11.8. The van der Waals surface area contributed by atoms with Gasteiger partial charge in [-0.2, -0.15) is 0 Å². The fourth-order valence-electron chi connectivity index (χ4n) is 1.90. The Bertz CT molecular complexity index is 391. The predicted molar refractivity (Wildman–Crippen MR) is 84.1 cm³/mol. The molecule has 0 saturated carbocycles. The van der Waals surface area contributed by atoms with E-state index in [-0.39, 0.29) is 30.5 Å². The number of nitrogens with one attached hydrogen (secondary N) is 1. The fourth-order valence-corrected chi connectivity index (χ4v) is 1.90. The molecule has 0 aliphatic heterocycles. The van der Waals surface area contributed by atoms with Crippen LogP contribution in [-0.2, 0) is 16.0 Å². The van der Waals surface area contributed by atoms with Crippen molar-refractivity contribution in [3.63, 3.8) is 0 Å². The summed E-state index contributed by atoms with van der Waals surface area (Å²) in [7, 11) is 1.57. The molecular weight excluding hydrogens is 276 g/mol. The Morgan fingerprint density at radius 1 is 1.35 bits per heavy atom. The number of ether oxygens (including phenoxy) is 1. The summed E-state index contributed by atoms with van der Waals surface area (Å²) in [5.41, 5.74) is 7.90. The summed E-state index contributed by atoms with van der Waals surface area (Å²) in [6, 6.07) is 8.29. The van der Waals surface area contributed by atoms with Gasteiger partial charge < -0.3 is 15.8 Å². The van der Waals surface area contributed by atoms with Gasteiger partial charge in [0.1, 0.15) is 0 Å². The van der Waals surface area contributed by atoms with E-state index < -0.39 is 0 Å². The Labute approximate surface area is 127 Å². The summed E-state index contributed by atoms with van der Waals surface area (Å²) in [5.74, 6) is -0.0376. The zero-order valence-electron chi connectivity index (χ0n) is 12.4. The van der Waals surface area contributed by atoms with Gasteiger partial charge in [0.05, 0.1) is 18.6 Å². The van der Waals surface area contributed by atoms with E-state index in [0.717, 1.165) is 12.0 Å². The van der Waals surface area contributed by atoms with E-state index in [2.05, 4.69) is 36.5 Å². The molecule has 5 heteroatoms. The quantitative estimate of drug-likeness (QED) is 0.811. The average Bonchev–Trinajstić information content (AvgIpc) is 2.44. The molecule has 1 rings (SSSR count). The molecule has 0 saturated heterocycles. The van der Waals surface area contributed by atoms with Crippen molar-refractivity contribution in [3.05, 3.63) is 35.4 Å². The van der Waals surface area contributed by atoms with Crippen LogP contribution in [0.15, 0.2) is 24.3 Å². The Balaban J connectivity index is 0.00000361. The minimum atomic E-state index is -0.213. The number of benzene rings is 1. The van der Waals surface area contributed by atoms with Crippen molar-refractivity contribution in [3.8, 4) is 0 Å². The molecule has 2 atom stereocenters. The summed E-state index contributed by atoms with van der Waals surface area (Å²) in [6.07, 6.45) is 1.10. The third-order valence-corrected chi connectivity index (χ3v) is 3.27. The van der Waals surface area contributed by atoms with Gasteiger partial charge in [-0.15, -0.1) is 12.4 Å². The average molecular weight is 301 g/mol. The van der Waals surface area contributed by atoms with Gasteiger partial charge in [0.25, 0.3) is 0 Å². The second-order valence-corrected chi connectivity index (χ2v) is 4.68. The van der Waals surface area contributed by atoms with E-state index in [4.69, 9.17) is 10.5 Å². The second kappa shape index (κ2) is 9.75. The molecule has 20 heavy (non-hydrogen) atoms. The Kier molecular flexibility index (Phi) is 9.21. The molecule has 2 unspecified atom stereocenters. The number of amides is 1. The number of carbonyl (C=O) groups excluding carboxylic acids is 1. The van der Waals surface area contributed by atoms with Gasteiger partial charge in [-0.05, 0) is 24.5 Å². The molecule has 1 aromatic rings. The van der Waals surface area contributed by atoms with E-state index in [1.165, 1.54) is 5.56 Å². The van der Waals surface area contributed by atoms with Crippen LogP contribution in [-0.4, -0.2) is 25.7 Å². The maximum absolute atomic E-state index is 11.8. The minimum absolute atomic E-state index is 0. The summed E-state index contributed by atoms with van der Waals surface area (Å²) in [5, 5.41) is 2.96. The molecule has 0 fully saturated rings. The topological polar surface area (TPSA) is 64.4 Å². The number of halogens is 1. The smallest absolute Gasteiger partial charge is 0.223 e. The van der Waals surface area contributed by atoms with Crippen molar-refractivity contribution in [2.75, 3.05) is 13.7 Å². The van der Waals surface area contributed by atoms with Crippen LogP contribution in [0.3, 0.4) is 0 Å². The number of nitrogens with two attached hydrogens (primary N) is 1. The van der Waals surface area contributed by atoms with E-state index in [1.54, 1.807) is 7.11 Å². The molecule has 0 heterocycles. The molecule has 0 bridgehead atoms. The van der Waals surface area contributed by atoms with Crippen LogP contribution in [0.5, 0.6) is 0 Å². The summed E-state index contributed by atoms with van der Waals surface area (Å²) in [6.45, 7) is 4.45. The lowest BCUT2D eigenvalue weighted by Crippen LogP contribution is -2.33. The van der Waals surface area contributed by atoms with Crippen molar-refractivity contribution in [1.29, 1.82) is 0 Å². The molecule has 1 aromatic carbocycles. The Hall–Kier alpha value is -1.10. The second-order valence-electron chi connectivity index (χ2n) is 4.68. The molecule has 114 valence electrons. The Morgan fingerprint density at radius 3 is 2.40 bits per heavy atom. The number of hydrogen-bond acceptors (Lipinski definition) is 3. The molecule has 0 spiro atoms. The maximum Gasteiger partial charge on any atom is 0.223 e. The van der Waals surface area contributed by atoms with Gasteiger partial charge in [-0.3, -0.25) is 4.79 Å². The molecule has 0 radical (unpaired) electrons. The summed E-state index contributed by atoms with van der Waals surface area (Å²) < 4.78 is 5.10. The zero-order chi connectivity index (χ0) is 14.3. The van der Waals surface area contributed by atoms with E-state index >= 15 is 0 Å². The van der Waals surface area contributed by atoms with Crippen molar-refractivity contribution in [2.45, 2.75) is 38.8 Å². The number of rotatable bonds is 7. The number of carbonyl (C=O) groups is 1. The van der Waals surface area contributed by atoms with Gasteiger partial charge in [0.15, 0.2) is 0 Å². The highest BCUT2D eigenvalue weighted by Gasteiger charge is 2.14. The van der Waals surface area contributed by atoms with Gasteiger partial charge in [-0.25, -0.2) is 0 Å². The SMILES string of the molecule is CCc1ccc(C(C)NC(=O)CC(CN)OC)cc1.Cl. The normalized spacial score (nSPS) is 13.2. The summed E-state index contributed by atoms with van der Waals surface area (Å²) >= 11 is 0. The first kappa shape index (κ1) is 18.9. The lowest BCUT2D eigenvalue weighted by molar-refractivity contribution is -0.124.